The van der Waals surface area contributed by atoms with Gasteiger partial charge in [0, 0.05) is 29.9 Å². The van der Waals surface area contributed by atoms with E-state index in [-0.39, 0.29) is 6.61 Å². The summed E-state index contributed by atoms with van der Waals surface area (Å²) >= 11 is 0. The smallest absolute Gasteiger partial charge is 0.417 e. The zero-order chi connectivity index (χ0) is 25.5. The summed E-state index contributed by atoms with van der Waals surface area (Å²) in [4.78, 5) is 17.4. The number of halogens is 3. The number of hydrazine groups is 2. The molecule has 8 nitrogen and oxygen atoms in total. The number of pyridine rings is 2. The minimum Gasteiger partial charge on any atom is -0.473 e. The highest BCUT2D eigenvalue weighted by Crippen LogP contribution is 2.32. The second-order valence-corrected chi connectivity index (χ2v) is 7.43. The Morgan fingerprint density at radius 3 is 2.35 bits per heavy atom. The average molecular weight is 477 g/mol. The Morgan fingerprint density at radius 2 is 1.82 bits per heavy atom. The largest absolute Gasteiger partial charge is 0.473 e. The van der Waals surface area contributed by atoms with Crippen LogP contribution in [0.3, 0.4) is 0 Å². The van der Waals surface area contributed by atoms with E-state index in [1.54, 1.807) is 19.4 Å². The topological polar surface area (TPSA) is 119 Å². The molecule has 34 heavy (non-hydrogen) atoms. The highest BCUT2D eigenvalue weighted by atomic mass is 19.4. The third kappa shape index (κ3) is 6.65. The molecule has 0 aliphatic rings. The third-order valence-electron chi connectivity index (χ3n) is 4.91. The normalized spacial score (nSPS) is 10.7. The maximum absolute atomic E-state index is 12.8. The van der Waals surface area contributed by atoms with Gasteiger partial charge >= 0.3 is 6.18 Å². The Kier molecular flexibility index (Phi) is 8.93. The molecule has 0 aliphatic carbocycles. The number of benzene rings is 1. The van der Waals surface area contributed by atoms with Gasteiger partial charge in [0.2, 0.25) is 12.3 Å². The Bertz CT molecular complexity index is 1120. The molecule has 0 atom stereocenters. The number of nitrogens with zero attached hydrogens (tertiary/aromatic N) is 3. The first-order chi connectivity index (χ1) is 16.0. The average Bonchev–Trinajstić information content (AvgIpc) is 2.79. The summed E-state index contributed by atoms with van der Waals surface area (Å²) in [5.41, 5.74) is 6.28. The number of aryl methyl sites for hydroxylation is 3. The van der Waals surface area contributed by atoms with Crippen LogP contribution in [0.4, 0.5) is 18.9 Å². The van der Waals surface area contributed by atoms with Crippen LogP contribution in [0.2, 0.25) is 0 Å². The van der Waals surface area contributed by atoms with Gasteiger partial charge in [0.1, 0.15) is 6.61 Å². The van der Waals surface area contributed by atoms with Crippen LogP contribution in [0.1, 0.15) is 27.9 Å². The van der Waals surface area contributed by atoms with E-state index in [4.69, 9.17) is 15.4 Å². The lowest BCUT2D eigenvalue weighted by Gasteiger charge is -2.19. The molecule has 0 fully saturated rings. The number of alkyl halides is 3. The molecule has 1 aromatic carbocycles. The lowest BCUT2D eigenvalue weighted by Crippen LogP contribution is -2.26. The van der Waals surface area contributed by atoms with E-state index < -0.39 is 11.7 Å². The van der Waals surface area contributed by atoms with E-state index >= 15 is 0 Å². The monoisotopic (exact) mass is 476 g/mol. The van der Waals surface area contributed by atoms with Crippen molar-refractivity contribution in [1.82, 2.24) is 15.4 Å². The van der Waals surface area contributed by atoms with E-state index in [1.165, 1.54) is 11.1 Å². The number of amides is 1. The number of nitrogens with two attached hydrogens (primary N) is 2. The maximum atomic E-state index is 12.8. The number of hydrogen-bond donors (Lipinski definition) is 3. The molecule has 2 heterocycles. The number of aromatic nitrogens is 2. The van der Waals surface area contributed by atoms with Crippen LogP contribution in [0, 0.1) is 20.8 Å². The number of hydrogen-bond acceptors (Lipinski definition) is 7. The molecule has 3 rings (SSSR count). The fourth-order valence-corrected chi connectivity index (χ4v) is 3.16. The summed E-state index contributed by atoms with van der Waals surface area (Å²) in [5, 5.41) is 1.54. The lowest BCUT2D eigenvalue weighted by molar-refractivity contribution is -0.137. The van der Waals surface area contributed by atoms with E-state index in [0.717, 1.165) is 34.6 Å². The summed E-state index contributed by atoms with van der Waals surface area (Å²) < 4.78 is 44.3. The Hall–Kier alpha value is -3.70. The van der Waals surface area contributed by atoms with Crippen molar-refractivity contribution in [2.75, 3.05) is 12.1 Å². The van der Waals surface area contributed by atoms with Gasteiger partial charge in [0.15, 0.2) is 0 Å². The molecule has 0 bridgehead atoms. The quantitative estimate of drug-likeness (QED) is 0.215. The molecule has 0 saturated heterocycles. The van der Waals surface area contributed by atoms with Crippen molar-refractivity contribution in [1.29, 1.82) is 0 Å². The van der Waals surface area contributed by atoms with Crippen molar-refractivity contribution in [2.24, 2.45) is 11.7 Å². The zero-order valence-corrected chi connectivity index (χ0v) is 19.3. The first kappa shape index (κ1) is 26.6. The highest BCUT2D eigenvalue weighted by Gasteiger charge is 2.30. The Morgan fingerprint density at radius 1 is 1.15 bits per heavy atom. The van der Waals surface area contributed by atoms with Gasteiger partial charge in [-0.25, -0.2) is 16.7 Å². The molecule has 1 amide bonds. The van der Waals surface area contributed by atoms with Crippen molar-refractivity contribution in [3.8, 4) is 17.1 Å². The van der Waals surface area contributed by atoms with E-state index in [9.17, 15) is 13.2 Å². The van der Waals surface area contributed by atoms with Gasteiger partial charge in [-0.1, -0.05) is 12.1 Å². The number of nitrogens with one attached hydrogen (secondary N) is 1. The molecule has 0 spiro atoms. The molecule has 0 saturated carbocycles. The Balaban J connectivity index is 0.000000945. The predicted octanol–water partition coefficient (Wildman–Crippen LogP) is 3.58. The summed E-state index contributed by atoms with van der Waals surface area (Å²) in [6.07, 6.45) is -3.18. The highest BCUT2D eigenvalue weighted by molar-refractivity contribution is 5.64. The molecular formula is C23H27F3N6O2. The van der Waals surface area contributed by atoms with E-state index in [2.05, 4.69) is 15.8 Å². The Labute approximate surface area is 195 Å². The number of anilines is 1. The van der Waals surface area contributed by atoms with Crippen LogP contribution in [-0.2, 0) is 17.6 Å². The van der Waals surface area contributed by atoms with Gasteiger partial charge in [-0.05, 0) is 50.6 Å². The fraction of sp³-hybridized carbons (Fsp3) is 0.261. The van der Waals surface area contributed by atoms with E-state index in [0.29, 0.717) is 29.2 Å². The van der Waals surface area contributed by atoms with Gasteiger partial charge in [-0.15, -0.1) is 0 Å². The summed E-state index contributed by atoms with van der Waals surface area (Å²) in [6, 6.07) is 10.0. The van der Waals surface area contributed by atoms with Gasteiger partial charge in [-0.2, -0.15) is 13.2 Å². The molecule has 0 aliphatic heterocycles. The summed E-state index contributed by atoms with van der Waals surface area (Å²) in [5.74, 6) is 10.8. The number of rotatable bonds is 6. The molecule has 0 unspecified atom stereocenters. The SMILES string of the molecule is Cc1cc(-c2ccc(C(F)(F)F)cn2)c(C)nc1OCc1c(C)cccc1N(C)N.NNC=O. The number of carbonyl (C=O) groups is 1. The molecule has 0 radical (unpaired) electrons. The zero-order valence-electron chi connectivity index (χ0n) is 19.3. The number of ether oxygens (including phenoxy) is 1. The van der Waals surface area contributed by atoms with Crippen LogP contribution in [-0.4, -0.2) is 23.4 Å². The second kappa shape index (κ2) is 11.4. The molecule has 5 N–H and O–H groups in total. The van der Waals surface area contributed by atoms with Gasteiger partial charge < -0.3 is 9.75 Å². The van der Waals surface area contributed by atoms with Crippen LogP contribution in [0.15, 0.2) is 42.6 Å². The van der Waals surface area contributed by atoms with Crippen molar-refractivity contribution in [3.63, 3.8) is 0 Å². The number of carbonyl (C=O) groups excluding carboxylic acids is 1. The first-order valence-corrected chi connectivity index (χ1v) is 10.1. The van der Waals surface area contributed by atoms with Crippen LogP contribution >= 0.6 is 0 Å². The third-order valence-corrected chi connectivity index (χ3v) is 4.91. The fourth-order valence-electron chi connectivity index (χ4n) is 3.16. The molecule has 2 aromatic heterocycles. The lowest BCUT2D eigenvalue weighted by atomic mass is 10.1. The van der Waals surface area contributed by atoms with Crippen LogP contribution < -0.4 is 26.9 Å². The molecule has 11 heteroatoms. The minimum atomic E-state index is -4.42. The van der Waals surface area contributed by atoms with Gasteiger partial charge in [0.25, 0.3) is 0 Å². The molecule has 182 valence electrons. The maximum Gasteiger partial charge on any atom is 0.417 e. The van der Waals surface area contributed by atoms with Crippen LogP contribution in [0.25, 0.3) is 11.3 Å². The summed E-state index contributed by atoms with van der Waals surface area (Å²) in [7, 11) is 1.76. The minimum absolute atomic E-state index is 0.286. The van der Waals surface area contributed by atoms with Crippen molar-refractivity contribution in [2.45, 2.75) is 33.6 Å². The van der Waals surface area contributed by atoms with E-state index in [1.807, 2.05) is 38.1 Å². The first-order valence-electron chi connectivity index (χ1n) is 10.1. The van der Waals surface area contributed by atoms with Gasteiger partial charge in [0.05, 0.1) is 22.6 Å². The van der Waals surface area contributed by atoms with Gasteiger partial charge in [-0.3, -0.25) is 15.2 Å². The standard InChI is InChI=1S/C22H23F3N4O.CH4N2O/c1-13-6-5-7-20(29(4)26)18(13)12-30-21-14(2)10-17(15(3)28-21)19-9-8-16(11-27-19)22(23,24)25;2-3-1-4/h5-11H,12,26H2,1-4H3;1H,2H2,(H,3,4). The van der Waals surface area contributed by atoms with Crippen molar-refractivity contribution < 1.29 is 22.7 Å². The van der Waals surface area contributed by atoms with Crippen LogP contribution in [0.5, 0.6) is 5.88 Å². The van der Waals surface area contributed by atoms with Crippen molar-refractivity contribution in [3.05, 3.63) is 70.5 Å². The second-order valence-electron chi connectivity index (χ2n) is 7.43. The molecular weight excluding hydrogens is 449 g/mol. The summed E-state index contributed by atoms with van der Waals surface area (Å²) in [6.45, 7) is 5.88. The molecule has 3 aromatic rings. The van der Waals surface area contributed by atoms with Crippen molar-refractivity contribution >= 4 is 12.1 Å². The predicted molar refractivity (Wildman–Crippen MR) is 123 cm³/mol.